The Morgan fingerprint density at radius 2 is 2.10 bits per heavy atom. The van der Waals surface area contributed by atoms with Gasteiger partial charge in [0.05, 0.1) is 0 Å². The Bertz CT molecular complexity index is 114. The van der Waals surface area contributed by atoms with Gasteiger partial charge in [0.2, 0.25) is 5.91 Å². The summed E-state index contributed by atoms with van der Waals surface area (Å²) in [7, 11) is 0. The van der Waals surface area contributed by atoms with Crippen LogP contribution in [0.3, 0.4) is 0 Å². The molecule has 0 aliphatic carbocycles. The summed E-state index contributed by atoms with van der Waals surface area (Å²) in [6.45, 7) is 3.78. The molecule has 0 aromatic heterocycles. The van der Waals surface area contributed by atoms with Gasteiger partial charge in [-0.3, -0.25) is 4.79 Å². The van der Waals surface area contributed by atoms with Crippen molar-refractivity contribution in [3.63, 3.8) is 0 Å². The van der Waals surface area contributed by atoms with Crippen LogP contribution in [0.5, 0.6) is 0 Å². The number of hydrogen-bond acceptors (Lipinski definition) is 2. The van der Waals surface area contributed by atoms with E-state index in [0.29, 0.717) is 6.42 Å². The van der Waals surface area contributed by atoms with Gasteiger partial charge in [-0.25, -0.2) is 0 Å². The van der Waals surface area contributed by atoms with Gasteiger partial charge in [0.15, 0.2) is 0 Å². The van der Waals surface area contributed by atoms with E-state index in [-0.39, 0.29) is 24.3 Å². The summed E-state index contributed by atoms with van der Waals surface area (Å²) in [4.78, 5) is 10.5. The molecule has 3 nitrogen and oxygen atoms in total. The Hall–Kier alpha value is -0.570. The summed E-state index contributed by atoms with van der Waals surface area (Å²) in [6, 6.07) is 0. The van der Waals surface area contributed by atoms with Gasteiger partial charge in [-0.05, 0) is 12.3 Å². The third kappa shape index (κ3) is 3.45. The number of carbonyl (C=O) groups excluding carboxylic acids is 1. The summed E-state index contributed by atoms with van der Waals surface area (Å²) < 4.78 is 0. The molecule has 0 radical (unpaired) electrons. The molecule has 60 valence electrons. The summed E-state index contributed by atoms with van der Waals surface area (Å²) in [5, 5.41) is 8.61. The van der Waals surface area contributed by atoms with E-state index in [4.69, 9.17) is 10.8 Å². The van der Waals surface area contributed by atoms with Crippen molar-refractivity contribution in [1.29, 1.82) is 0 Å². The molecule has 0 heterocycles. The lowest BCUT2D eigenvalue weighted by atomic mass is 9.98. The van der Waals surface area contributed by atoms with Crippen molar-refractivity contribution >= 4 is 5.91 Å². The third-order valence-corrected chi connectivity index (χ3v) is 1.55. The largest absolute Gasteiger partial charge is 0.396 e. The molecule has 0 fully saturated rings. The Morgan fingerprint density at radius 3 is 2.40 bits per heavy atom. The van der Waals surface area contributed by atoms with E-state index in [0.717, 1.165) is 0 Å². The van der Waals surface area contributed by atoms with Gasteiger partial charge in [0.1, 0.15) is 0 Å². The molecular weight excluding hydrogens is 130 g/mol. The highest BCUT2D eigenvalue weighted by Crippen LogP contribution is 2.09. The maximum absolute atomic E-state index is 10.5. The molecule has 3 N–H and O–H groups in total. The molecule has 0 spiro atoms. The quantitative estimate of drug-likeness (QED) is 0.590. The van der Waals surface area contributed by atoms with Gasteiger partial charge in [-0.15, -0.1) is 0 Å². The molecule has 0 aliphatic heterocycles. The molecule has 0 aromatic carbocycles. The van der Waals surface area contributed by atoms with Gasteiger partial charge < -0.3 is 10.8 Å². The lowest BCUT2D eigenvalue weighted by Crippen LogP contribution is -2.23. The minimum absolute atomic E-state index is 0.123. The van der Waals surface area contributed by atoms with Crippen LogP contribution < -0.4 is 5.73 Å². The van der Waals surface area contributed by atoms with Crippen LogP contribution in [-0.2, 0) is 4.79 Å². The second kappa shape index (κ2) is 4.28. The van der Waals surface area contributed by atoms with Gasteiger partial charge in [0.25, 0.3) is 0 Å². The Labute approximate surface area is 61.2 Å². The molecular formula is C7H15NO2. The summed E-state index contributed by atoms with van der Waals surface area (Å²) in [5.41, 5.74) is 5.02. The van der Waals surface area contributed by atoms with E-state index >= 15 is 0 Å². The lowest BCUT2D eigenvalue weighted by molar-refractivity contribution is -0.121. The summed E-state index contributed by atoms with van der Waals surface area (Å²) in [6.07, 6.45) is 0.672. The molecule has 1 amide bonds. The van der Waals surface area contributed by atoms with Gasteiger partial charge in [0, 0.05) is 12.5 Å². The standard InChI is InChI=1S/C7H15NO2/c1-5(4-9)3-6(2)7(8)10/h5-6,9H,3-4H2,1-2H3,(H2,8,10)/t5-,6+/m0/s1. The molecule has 0 rings (SSSR count). The minimum Gasteiger partial charge on any atom is -0.396 e. The number of rotatable bonds is 4. The maximum Gasteiger partial charge on any atom is 0.220 e. The smallest absolute Gasteiger partial charge is 0.220 e. The SMILES string of the molecule is C[C@H](CO)C[C@@H](C)C(N)=O. The zero-order valence-corrected chi connectivity index (χ0v) is 6.50. The van der Waals surface area contributed by atoms with Crippen molar-refractivity contribution in [2.45, 2.75) is 20.3 Å². The number of nitrogens with two attached hydrogens (primary N) is 1. The molecule has 3 heteroatoms. The van der Waals surface area contributed by atoms with Crippen molar-refractivity contribution in [1.82, 2.24) is 0 Å². The minimum atomic E-state index is -0.291. The van der Waals surface area contributed by atoms with Crippen molar-refractivity contribution in [3.05, 3.63) is 0 Å². The second-order valence-corrected chi connectivity index (χ2v) is 2.83. The highest BCUT2D eigenvalue weighted by molar-refractivity contribution is 5.76. The first-order chi connectivity index (χ1) is 4.57. The number of hydrogen-bond donors (Lipinski definition) is 2. The predicted octanol–water partition coefficient (Wildman–Crippen LogP) is 0.126. The number of carbonyl (C=O) groups is 1. The van der Waals surface area contributed by atoms with Crippen LogP contribution in [-0.4, -0.2) is 17.6 Å². The maximum atomic E-state index is 10.5. The number of amides is 1. The van der Waals surface area contributed by atoms with Crippen LogP contribution in [0.25, 0.3) is 0 Å². The second-order valence-electron chi connectivity index (χ2n) is 2.83. The average Bonchev–Trinajstić information content (AvgIpc) is 1.87. The van der Waals surface area contributed by atoms with Crippen molar-refractivity contribution < 1.29 is 9.90 Å². The van der Waals surface area contributed by atoms with E-state index in [1.807, 2.05) is 6.92 Å². The van der Waals surface area contributed by atoms with Crippen LogP contribution in [0.15, 0.2) is 0 Å². The van der Waals surface area contributed by atoms with Crippen molar-refractivity contribution in [3.8, 4) is 0 Å². The van der Waals surface area contributed by atoms with Crippen LogP contribution >= 0.6 is 0 Å². The number of aliphatic hydroxyl groups is 1. The first-order valence-corrected chi connectivity index (χ1v) is 3.48. The normalized spacial score (nSPS) is 16.3. The zero-order valence-electron chi connectivity index (χ0n) is 6.50. The van der Waals surface area contributed by atoms with Gasteiger partial charge >= 0.3 is 0 Å². The number of primary amides is 1. The topological polar surface area (TPSA) is 63.3 Å². The molecule has 0 saturated carbocycles. The first kappa shape index (κ1) is 9.43. The van der Waals surface area contributed by atoms with E-state index in [2.05, 4.69) is 0 Å². The van der Waals surface area contributed by atoms with Crippen LogP contribution in [0.1, 0.15) is 20.3 Å². The highest BCUT2D eigenvalue weighted by Gasteiger charge is 2.11. The fourth-order valence-corrected chi connectivity index (χ4v) is 0.794. The van der Waals surface area contributed by atoms with E-state index in [1.165, 1.54) is 0 Å². The van der Waals surface area contributed by atoms with Crippen LogP contribution in [0.4, 0.5) is 0 Å². The Kier molecular flexibility index (Phi) is 4.03. The Balaban J connectivity index is 3.56. The monoisotopic (exact) mass is 145 g/mol. The molecule has 0 aliphatic rings. The molecule has 0 unspecified atom stereocenters. The predicted molar refractivity (Wildman–Crippen MR) is 39.2 cm³/mol. The Morgan fingerprint density at radius 1 is 1.60 bits per heavy atom. The first-order valence-electron chi connectivity index (χ1n) is 3.48. The molecule has 0 aromatic rings. The van der Waals surface area contributed by atoms with Crippen LogP contribution in [0, 0.1) is 11.8 Å². The van der Waals surface area contributed by atoms with Gasteiger partial charge in [-0.2, -0.15) is 0 Å². The van der Waals surface area contributed by atoms with Gasteiger partial charge in [-0.1, -0.05) is 13.8 Å². The van der Waals surface area contributed by atoms with E-state index in [1.54, 1.807) is 6.92 Å². The molecule has 2 atom stereocenters. The van der Waals surface area contributed by atoms with Crippen molar-refractivity contribution in [2.75, 3.05) is 6.61 Å². The molecule has 0 bridgehead atoms. The molecule has 10 heavy (non-hydrogen) atoms. The number of aliphatic hydroxyl groups excluding tert-OH is 1. The average molecular weight is 145 g/mol. The van der Waals surface area contributed by atoms with E-state index < -0.39 is 0 Å². The highest BCUT2D eigenvalue weighted by atomic mass is 16.3. The summed E-state index contributed by atoms with van der Waals surface area (Å²) >= 11 is 0. The van der Waals surface area contributed by atoms with Crippen LogP contribution in [0.2, 0.25) is 0 Å². The summed E-state index contributed by atoms with van der Waals surface area (Å²) in [5.74, 6) is -0.245. The van der Waals surface area contributed by atoms with E-state index in [9.17, 15) is 4.79 Å². The van der Waals surface area contributed by atoms with Crippen molar-refractivity contribution in [2.24, 2.45) is 17.6 Å². The lowest BCUT2D eigenvalue weighted by Gasteiger charge is -2.10. The fourth-order valence-electron chi connectivity index (χ4n) is 0.794. The third-order valence-electron chi connectivity index (χ3n) is 1.55. The molecule has 0 saturated heterocycles. The zero-order chi connectivity index (χ0) is 8.15. The fraction of sp³-hybridized carbons (Fsp3) is 0.857.